The number of hydrogen-bond acceptors (Lipinski definition) is 4. The molecule has 1 aromatic carbocycles. The highest BCUT2D eigenvalue weighted by Gasteiger charge is 2.28. The lowest BCUT2D eigenvalue weighted by atomic mass is 9.94. The van der Waals surface area contributed by atoms with E-state index in [1.54, 1.807) is 4.90 Å². The third-order valence-electron chi connectivity index (χ3n) is 3.55. The second-order valence-electron chi connectivity index (χ2n) is 4.85. The summed E-state index contributed by atoms with van der Waals surface area (Å²) < 4.78 is 0. The first-order chi connectivity index (χ1) is 8.50. The first-order valence-electron chi connectivity index (χ1n) is 6.06. The van der Waals surface area contributed by atoms with Crippen molar-refractivity contribution < 1.29 is 15.0 Å². The molecule has 98 valence electrons. The average molecular weight is 250 g/mol. The summed E-state index contributed by atoms with van der Waals surface area (Å²) in [6, 6.07) is 4.34. The van der Waals surface area contributed by atoms with Gasteiger partial charge in [0.25, 0.3) is 5.91 Å². The molecule has 0 radical (unpaired) electrons. The molecule has 2 unspecified atom stereocenters. The topological polar surface area (TPSA) is 86.8 Å². The van der Waals surface area contributed by atoms with Crippen LogP contribution in [0.3, 0.4) is 0 Å². The first-order valence-corrected chi connectivity index (χ1v) is 6.06. The molecule has 1 aliphatic heterocycles. The van der Waals surface area contributed by atoms with E-state index in [4.69, 9.17) is 5.73 Å². The number of carbonyl (C=O) groups is 1. The van der Waals surface area contributed by atoms with E-state index < -0.39 is 0 Å². The minimum absolute atomic E-state index is 0.0397. The number of amides is 1. The van der Waals surface area contributed by atoms with E-state index in [1.165, 1.54) is 18.2 Å². The van der Waals surface area contributed by atoms with E-state index in [9.17, 15) is 15.0 Å². The lowest BCUT2D eigenvalue weighted by molar-refractivity contribution is 0.0668. The van der Waals surface area contributed by atoms with Crippen LogP contribution in [0, 0.1) is 5.92 Å². The lowest BCUT2D eigenvalue weighted by Crippen LogP contribution is -2.49. The zero-order chi connectivity index (χ0) is 13.3. The highest BCUT2D eigenvalue weighted by atomic mass is 16.3. The number of para-hydroxylation sites is 1. The minimum Gasteiger partial charge on any atom is -0.504 e. The Morgan fingerprint density at radius 1 is 1.44 bits per heavy atom. The molecule has 5 heteroatoms. The van der Waals surface area contributed by atoms with Crippen molar-refractivity contribution in [3.05, 3.63) is 23.8 Å². The van der Waals surface area contributed by atoms with E-state index >= 15 is 0 Å². The molecule has 0 aliphatic carbocycles. The molecule has 0 bridgehead atoms. The Bertz CT molecular complexity index is 462. The van der Waals surface area contributed by atoms with Crippen LogP contribution in [0.5, 0.6) is 11.5 Å². The van der Waals surface area contributed by atoms with E-state index in [1.807, 2.05) is 0 Å². The average Bonchev–Trinajstić information content (AvgIpc) is 2.35. The maximum Gasteiger partial charge on any atom is 0.257 e. The molecule has 5 nitrogen and oxygen atoms in total. The van der Waals surface area contributed by atoms with Gasteiger partial charge < -0.3 is 20.8 Å². The van der Waals surface area contributed by atoms with Crippen LogP contribution < -0.4 is 5.73 Å². The quantitative estimate of drug-likeness (QED) is 0.646. The number of nitrogens with two attached hydrogens (primary N) is 1. The minimum atomic E-state index is -0.366. The van der Waals surface area contributed by atoms with Crippen LogP contribution in [-0.4, -0.2) is 40.2 Å². The Labute approximate surface area is 106 Å². The third-order valence-corrected chi connectivity index (χ3v) is 3.55. The Hall–Kier alpha value is -1.75. The number of nitrogens with zero attached hydrogens (tertiary/aromatic N) is 1. The third kappa shape index (κ3) is 2.26. The molecule has 1 heterocycles. The van der Waals surface area contributed by atoms with Crippen LogP contribution in [0.2, 0.25) is 0 Å². The number of phenols is 2. The van der Waals surface area contributed by atoms with E-state index in [2.05, 4.69) is 6.92 Å². The molecule has 1 aliphatic rings. The van der Waals surface area contributed by atoms with Gasteiger partial charge >= 0.3 is 0 Å². The number of piperidine rings is 1. The Kier molecular flexibility index (Phi) is 3.43. The van der Waals surface area contributed by atoms with Gasteiger partial charge in [-0.25, -0.2) is 0 Å². The van der Waals surface area contributed by atoms with Crippen molar-refractivity contribution in [2.24, 2.45) is 11.7 Å². The number of carbonyl (C=O) groups excluding carboxylic acids is 1. The Morgan fingerprint density at radius 3 is 2.83 bits per heavy atom. The molecule has 1 amide bonds. The van der Waals surface area contributed by atoms with E-state index in [-0.39, 0.29) is 29.0 Å². The Balaban J connectivity index is 2.19. The number of hydrogen-bond donors (Lipinski definition) is 3. The van der Waals surface area contributed by atoms with Gasteiger partial charge in [0.05, 0.1) is 5.56 Å². The maximum atomic E-state index is 12.2. The molecular weight excluding hydrogens is 232 g/mol. The van der Waals surface area contributed by atoms with Gasteiger partial charge in [-0.2, -0.15) is 0 Å². The number of phenolic OH excluding ortho intramolecular Hbond substituents is 2. The maximum absolute atomic E-state index is 12.2. The van der Waals surface area contributed by atoms with Crippen LogP contribution in [0.1, 0.15) is 23.7 Å². The monoisotopic (exact) mass is 250 g/mol. The summed E-state index contributed by atoms with van der Waals surface area (Å²) in [4.78, 5) is 13.8. The smallest absolute Gasteiger partial charge is 0.257 e. The number of likely N-dealkylation sites (tertiary alicyclic amines) is 1. The van der Waals surface area contributed by atoms with Crippen molar-refractivity contribution in [1.29, 1.82) is 0 Å². The summed E-state index contributed by atoms with van der Waals surface area (Å²) in [7, 11) is 0. The van der Waals surface area contributed by atoms with E-state index in [0.717, 1.165) is 6.42 Å². The number of rotatable bonds is 1. The first kappa shape index (κ1) is 12.7. The highest BCUT2D eigenvalue weighted by Crippen LogP contribution is 2.30. The summed E-state index contributed by atoms with van der Waals surface area (Å²) in [6.07, 6.45) is 0.854. The fourth-order valence-corrected chi connectivity index (χ4v) is 2.16. The largest absolute Gasteiger partial charge is 0.504 e. The van der Waals surface area contributed by atoms with Gasteiger partial charge in [-0.15, -0.1) is 0 Å². The molecule has 0 aromatic heterocycles. The zero-order valence-corrected chi connectivity index (χ0v) is 10.3. The van der Waals surface area contributed by atoms with E-state index in [0.29, 0.717) is 19.0 Å². The fourth-order valence-electron chi connectivity index (χ4n) is 2.16. The predicted molar refractivity (Wildman–Crippen MR) is 67.4 cm³/mol. The molecule has 2 atom stereocenters. The van der Waals surface area contributed by atoms with Gasteiger partial charge in [-0.05, 0) is 24.5 Å². The van der Waals surface area contributed by atoms with Crippen molar-refractivity contribution >= 4 is 5.91 Å². The van der Waals surface area contributed by atoms with Gasteiger partial charge in [-0.3, -0.25) is 4.79 Å². The molecule has 2 rings (SSSR count). The SMILES string of the molecule is CC1CCN(C(=O)c2cccc(O)c2O)CC1N. The highest BCUT2D eigenvalue weighted by molar-refractivity contribution is 5.97. The number of aromatic hydroxyl groups is 2. The lowest BCUT2D eigenvalue weighted by Gasteiger charge is -2.35. The van der Waals surface area contributed by atoms with Crippen molar-refractivity contribution in [1.82, 2.24) is 4.90 Å². The van der Waals surface area contributed by atoms with Crippen molar-refractivity contribution in [2.75, 3.05) is 13.1 Å². The summed E-state index contributed by atoms with van der Waals surface area (Å²) in [5.41, 5.74) is 6.07. The summed E-state index contributed by atoms with van der Waals surface area (Å²) in [5, 5.41) is 19.1. The van der Waals surface area contributed by atoms with Gasteiger partial charge in [-0.1, -0.05) is 13.0 Å². The molecule has 0 spiro atoms. The van der Waals surface area contributed by atoms with Gasteiger partial charge in [0.1, 0.15) is 0 Å². The zero-order valence-electron chi connectivity index (χ0n) is 10.3. The summed E-state index contributed by atoms with van der Waals surface area (Å²) in [5.74, 6) is -0.539. The number of benzene rings is 1. The van der Waals surface area contributed by atoms with Crippen LogP contribution >= 0.6 is 0 Å². The predicted octanol–water partition coefficient (Wildman–Crippen LogP) is 0.907. The van der Waals surface area contributed by atoms with Crippen LogP contribution in [0.15, 0.2) is 18.2 Å². The van der Waals surface area contributed by atoms with Crippen LogP contribution in [0.4, 0.5) is 0 Å². The van der Waals surface area contributed by atoms with Gasteiger partial charge in [0.15, 0.2) is 11.5 Å². The van der Waals surface area contributed by atoms with Gasteiger partial charge in [0, 0.05) is 19.1 Å². The standard InChI is InChI=1S/C13H18N2O3/c1-8-5-6-15(7-10(8)14)13(18)9-3-2-4-11(16)12(9)17/h2-4,8,10,16-17H,5-7,14H2,1H3. The summed E-state index contributed by atoms with van der Waals surface area (Å²) >= 11 is 0. The second-order valence-corrected chi connectivity index (χ2v) is 4.85. The molecule has 1 fully saturated rings. The molecule has 18 heavy (non-hydrogen) atoms. The van der Waals surface area contributed by atoms with Crippen molar-refractivity contribution in [2.45, 2.75) is 19.4 Å². The normalized spacial score (nSPS) is 24.0. The molecular formula is C13H18N2O3. The second kappa shape index (κ2) is 4.86. The summed E-state index contributed by atoms with van der Waals surface area (Å²) in [6.45, 7) is 3.18. The fraction of sp³-hybridized carbons (Fsp3) is 0.462. The van der Waals surface area contributed by atoms with Crippen LogP contribution in [-0.2, 0) is 0 Å². The van der Waals surface area contributed by atoms with Crippen LogP contribution in [0.25, 0.3) is 0 Å². The van der Waals surface area contributed by atoms with Gasteiger partial charge in [0.2, 0.25) is 0 Å². The Morgan fingerprint density at radius 2 is 2.17 bits per heavy atom. The molecule has 4 N–H and O–H groups in total. The van der Waals surface area contributed by atoms with Crippen molar-refractivity contribution in [3.8, 4) is 11.5 Å². The molecule has 1 saturated heterocycles. The molecule has 0 saturated carbocycles. The molecule has 1 aromatic rings. The van der Waals surface area contributed by atoms with Crippen molar-refractivity contribution in [3.63, 3.8) is 0 Å².